The predicted molar refractivity (Wildman–Crippen MR) is 56.7 cm³/mol. The third-order valence-corrected chi connectivity index (χ3v) is 2.00. The van der Waals surface area contributed by atoms with Crippen molar-refractivity contribution in [2.24, 2.45) is 0 Å². The van der Waals surface area contributed by atoms with Crippen LogP contribution in [0.4, 0.5) is 5.69 Å². The smallest absolute Gasteiger partial charge is 0.179 e. The molecule has 0 aromatic heterocycles. The summed E-state index contributed by atoms with van der Waals surface area (Å²) in [5.74, 6) is 0. The highest BCUT2D eigenvalue weighted by Crippen LogP contribution is 2.18. The zero-order chi connectivity index (χ0) is 10.7. The van der Waals surface area contributed by atoms with E-state index in [1.165, 1.54) is 0 Å². The van der Waals surface area contributed by atoms with Gasteiger partial charge in [-0.1, -0.05) is 18.7 Å². The zero-order valence-electron chi connectivity index (χ0n) is 8.31. The van der Waals surface area contributed by atoms with Gasteiger partial charge in [0, 0.05) is 25.4 Å². The molecule has 0 heterocycles. The second-order valence-corrected chi connectivity index (χ2v) is 3.27. The zero-order valence-corrected chi connectivity index (χ0v) is 8.31. The maximum absolute atomic E-state index is 8.84. The summed E-state index contributed by atoms with van der Waals surface area (Å²) in [6.45, 7) is 5.47. The van der Waals surface area contributed by atoms with Crippen LogP contribution in [0.1, 0.15) is 5.56 Å². The summed E-state index contributed by atoms with van der Waals surface area (Å²) in [5, 5.41) is 17.7. The van der Waals surface area contributed by atoms with E-state index in [0.717, 1.165) is 5.69 Å². The van der Waals surface area contributed by atoms with Gasteiger partial charge in [0.2, 0.25) is 0 Å². The van der Waals surface area contributed by atoms with Crippen LogP contribution in [0.2, 0.25) is 0 Å². The quantitative estimate of drug-likeness (QED) is 0.699. The fraction of sp³-hybridized carbons (Fsp3) is 0.273. The van der Waals surface area contributed by atoms with Crippen molar-refractivity contribution in [3.63, 3.8) is 0 Å². The molecule has 0 atom stereocenters. The largest absolute Gasteiger partial charge is 0.378 e. The van der Waals surface area contributed by atoms with Crippen molar-refractivity contribution >= 4 is 11.3 Å². The molecule has 3 nitrogen and oxygen atoms in total. The molecule has 1 rings (SSSR count). The van der Waals surface area contributed by atoms with Crippen molar-refractivity contribution in [1.82, 2.24) is 0 Å². The first-order valence-corrected chi connectivity index (χ1v) is 4.28. The van der Waals surface area contributed by atoms with Crippen molar-refractivity contribution in [3.8, 4) is 0 Å². The Bertz CT molecular complexity index is 315. The predicted octanol–water partition coefficient (Wildman–Crippen LogP) is 0.880. The first kappa shape index (κ1) is 10.8. The van der Waals surface area contributed by atoms with E-state index < -0.39 is 6.29 Å². The van der Waals surface area contributed by atoms with E-state index in [-0.39, 0.29) is 5.57 Å². The Labute approximate surface area is 83.9 Å². The average molecular weight is 192 g/mol. The molecule has 0 aliphatic rings. The highest BCUT2D eigenvalue weighted by atomic mass is 16.5. The van der Waals surface area contributed by atoms with E-state index >= 15 is 0 Å². The summed E-state index contributed by atoms with van der Waals surface area (Å²) in [5.41, 5.74) is 1.73. The molecule has 0 saturated heterocycles. The molecular formula is C11H14NO2. The molecular weight excluding hydrogens is 178 g/mol. The fourth-order valence-corrected chi connectivity index (χ4v) is 1.10. The number of hydrogen-bond acceptors (Lipinski definition) is 3. The standard InChI is InChI=1S/C11H14NO2/c1-8(11(13)14)9-4-6-10(7-5-9)12(2)3/h1,4-7,11,13-14H,2-3H3. The van der Waals surface area contributed by atoms with E-state index in [4.69, 9.17) is 16.8 Å². The summed E-state index contributed by atoms with van der Waals surface area (Å²) in [4.78, 5) is 1.95. The highest BCUT2D eigenvalue weighted by molar-refractivity contribution is 5.66. The first-order valence-electron chi connectivity index (χ1n) is 4.28. The number of aliphatic hydroxyl groups is 2. The Balaban J connectivity index is 2.89. The lowest BCUT2D eigenvalue weighted by Crippen LogP contribution is -2.09. The number of aliphatic hydroxyl groups excluding tert-OH is 1. The van der Waals surface area contributed by atoms with Gasteiger partial charge in [0.05, 0.1) is 0 Å². The Kier molecular flexibility index (Phi) is 3.28. The maximum atomic E-state index is 8.84. The minimum atomic E-state index is -1.60. The summed E-state index contributed by atoms with van der Waals surface area (Å²) in [7, 11) is 3.87. The summed E-state index contributed by atoms with van der Waals surface area (Å²) >= 11 is 0. The molecule has 1 aromatic rings. The summed E-state index contributed by atoms with van der Waals surface area (Å²) < 4.78 is 0. The van der Waals surface area contributed by atoms with Crippen LogP contribution in [-0.2, 0) is 0 Å². The van der Waals surface area contributed by atoms with E-state index in [2.05, 4.69) is 0 Å². The lowest BCUT2D eigenvalue weighted by Gasteiger charge is -2.13. The molecule has 0 aliphatic heterocycles. The summed E-state index contributed by atoms with van der Waals surface area (Å²) in [6.07, 6.45) is -1.60. The van der Waals surface area contributed by atoms with Crippen LogP contribution in [0.15, 0.2) is 24.3 Å². The molecule has 75 valence electrons. The van der Waals surface area contributed by atoms with Crippen molar-refractivity contribution in [2.45, 2.75) is 6.29 Å². The molecule has 1 aromatic carbocycles. The molecule has 1 radical (unpaired) electrons. The molecule has 2 N–H and O–H groups in total. The van der Waals surface area contributed by atoms with Crippen LogP contribution < -0.4 is 4.90 Å². The fourth-order valence-electron chi connectivity index (χ4n) is 1.10. The van der Waals surface area contributed by atoms with Gasteiger partial charge in [0.1, 0.15) is 0 Å². The molecule has 0 saturated carbocycles. The monoisotopic (exact) mass is 192 g/mol. The van der Waals surface area contributed by atoms with Crippen LogP contribution in [0, 0.1) is 6.58 Å². The van der Waals surface area contributed by atoms with E-state index in [1.54, 1.807) is 12.1 Å². The van der Waals surface area contributed by atoms with Crippen LogP contribution in [0.5, 0.6) is 0 Å². The lowest BCUT2D eigenvalue weighted by atomic mass is 10.1. The third kappa shape index (κ3) is 2.34. The Morgan fingerprint density at radius 1 is 1.21 bits per heavy atom. The third-order valence-electron chi connectivity index (χ3n) is 2.00. The maximum Gasteiger partial charge on any atom is 0.179 e. The normalized spacial score (nSPS) is 10.4. The molecule has 3 heteroatoms. The van der Waals surface area contributed by atoms with Crippen LogP contribution >= 0.6 is 0 Å². The van der Waals surface area contributed by atoms with Crippen molar-refractivity contribution in [2.75, 3.05) is 19.0 Å². The number of hydrogen-bond donors (Lipinski definition) is 2. The van der Waals surface area contributed by atoms with E-state index in [0.29, 0.717) is 5.56 Å². The molecule has 0 amide bonds. The molecule has 0 spiro atoms. The molecule has 14 heavy (non-hydrogen) atoms. The second-order valence-electron chi connectivity index (χ2n) is 3.27. The van der Waals surface area contributed by atoms with Gasteiger partial charge < -0.3 is 15.1 Å². The lowest BCUT2D eigenvalue weighted by molar-refractivity contribution is 0.0113. The molecule has 0 bridgehead atoms. The molecule has 0 fully saturated rings. The number of anilines is 1. The Morgan fingerprint density at radius 3 is 2.07 bits per heavy atom. The molecule has 0 unspecified atom stereocenters. The first-order chi connectivity index (χ1) is 6.52. The topological polar surface area (TPSA) is 43.7 Å². The average Bonchev–Trinajstić information content (AvgIpc) is 2.16. The Hall–Kier alpha value is -1.32. The van der Waals surface area contributed by atoms with Crippen LogP contribution in [0.25, 0.3) is 5.57 Å². The minimum Gasteiger partial charge on any atom is -0.378 e. The number of nitrogens with zero attached hydrogens (tertiary/aromatic N) is 1. The van der Waals surface area contributed by atoms with Crippen molar-refractivity contribution in [3.05, 3.63) is 36.4 Å². The highest BCUT2D eigenvalue weighted by Gasteiger charge is 2.06. The SMILES string of the molecule is [CH]=C(c1ccc(N(C)C)cc1)C(O)O. The van der Waals surface area contributed by atoms with Crippen molar-refractivity contribution < 1.29 is 10.2 Å². The van der Waals surface area contributed by atoms with E-state index in [9.17, 15) is 0 Å². The van der Waals surface area contributed by atoms with Gasteiger partial charge >= 0.3 is 0 Å². The van der Waals surface area contributed by atoms with Gasteiger partial charge in [-0.15, -0.1) is 0 Å². The van der Waals surface area contributed by atoms with Gasteiger partial charge in [-0.2, -0.15) is 0 Å². The summed E-state index contributed by atoms with van der Waals surface area (Å²) in [6, 6.07) is 7.24. The van der Waals surface area contributed by atoms with Gasteiger partial charge in [0.25, 0.3) is 0 Å². The van der Waals surface area contributed by atoms with Crippen LogP contribution in [0.3, 0.4) is 0 Å². The molecule has 0 aliphatic carbocycles. The van der Waals surface area contributed by atoms with E-state index in [1.807, 2.05) is 31.1 Å². The van der Waals surface area contributed by atoms with Gasteiger partial charge in [-0.3, -0.25) is 0 Å². The van der Waals surface area contributed by atoms with Gasteiger partial charge in [-0.25, -0.2) is 0 Å². The number of benzene rings is 1. The number of rotatable bonds is 3. The van der Waals surface area contributed by atoms with Gasteiger partial charge in [0.15, 0.2) is 6.29 Å². The Morgan fingerprint density at radius 2 is 1.71 bits per heavy atom. The minimum absolute atomic E-state index is 0.0651. The van der Waals surface area contributed by atoms with Crippen LogP contribution in [-0.4, -0.2) is 30.6 Å². The van der Waals surface area contributed by atoms with Gasteiger partial charge in [-0.05, 0) is 17.7 Å². The van der Waals surface area contributed by atoms with Crippen molar-refractivity contribution in [1.29, 1.82) is 0 Å². The second kappa shape index (κ2) is 4.26.